The van der Waals surface area contributed by atoms with Gasteiger partial charge in [0.25, 0.3) is 0 Å². The van der Waals surface area contributed by atoms with Crippen LogP contribution in [0, 0.1) is 0 Å². The Morgan fingerprint density at radius 2 is 1.29 bits per heavy atom. The monoisotopic (exact) mass is 633 g/mol. The molecular weight excluding hydrogens is 607 g/mol. The van der Waals surface area contributed by atoms with Gasteiger partial charge in [-0.2, -0.15) is 0 Å². The Bertz CT molecular complexity index is 2830. The second-order valence-electron chi connectivity index (χ2n) is 12.3. The number of nitrogens with zero attached hydrogens (tertiary/aromatic N) is 3. The molecule has 0 N–H and O–H groups in total. The van der Waals surface area contributed by atoms with Crippen LogP contribution >= 0.6 is 11.3 Å². The summed E-state index contributed by atoms with van der Waals surface area (Å²) in [7, 11) is 0. The lowest BCUT2D eigenvalue weighted by Crippen LogP contribution is -2.32. The van der Waals surface area contributed by atoms with Gasteiger partial charge in [0.1, 0.15) is 17.0 Å². The fourth-order valence-corrected chi connectivity index (χ4v) is 8.32. The number of furan rings is 1. The van der Waals surface area contributed by atoms with Gasteiger partial charge in [-0.1, -0.05) is 109 Å². The third-order valence-electron chi connectivity index (χ3n) is 9.47. The Morgan fingerprint density at radius 3 is 2.21 bits per heavy atom. The Kier molecular flexibility index (Phi) is 6.14. The Balaban J connectivity index is 1.17. The van der Waals surface area contributed by atoms with Crippen LogP contribution in [0.3, 0.4) is 0 Å². The van der Waals surface area contributed by atoms with E-state index in [-0.39, 0.29) is 5.92 Å². The first kappa shape index (κ1) is 27.2. The van der Waals surface area contributed by atoms with Gasteiger partial charge in [0.2, 0.25) is 0 Å². The van der Waals surface area contributed by atoms with Crippen molar-refractivity contribution in [3.8, 4) is 22.8 Å². The van der Waals surface area contributed by atoms with Gasteiger partial charge in [-0.3, -0.25) is 0 Å². The molecule has 0 bridgehead atoms. The minimum Gasteiger partial charge on any atom is -0.456 e. The molecule has 226 valence electrons. The minimum absolute atomic E-state index is 0.0572. The van der Waals surface area contributed by atoms with Crippen LogP contribution in [0.4, 0.5) is 0 Å². The molecular formula is C43H27N3OS. The van der Waals surface area contributed by atoms with Gasteiger partial charge in [0.15, 0.2) is 11.6 Å². The first-order valence-corrected chi connectivity index (χ1v) is 17.0. The summed E-state index contributed by atoms with van der Waals surface area (Å²) in [6, 6.07) is 48.8. The highest BCUT2D eigenvalue weighted by atomic mass is 32.1. The summed E-state index contributed by atoms with van der Waals surface area (Å²) in [6.07, 6.45) is 3.08. The third-order valence-corrected chi connectivity index (χ3v) is 10.6. The van der Waals surface area contributed by atoms with Crippen molar-refractivity contribution in [2.24, 2.45) is 0 Å². The van der Waals surface area contributed by atoms with Gasteiger partial charge in [0, 0.05) is 48.0 Å². The number of aromatic nitrogens is 3. The molecule has 0 spiro atoms. The average molecular weight is 634 g/mol. The van der Waals surface area contributed by atoms with Gasteiger partial charge in [-0.05, 0) is 64.4 Å². The van der Waals surface area contributed by atoms with Crippen molar-refractivity contribution >= 4 is 65.1 Å². The molecule has 1 aliphatic rings. The number of benzene rings is 6. The molecule has 0 fully saturated rings. The summed E-state index contributed by atoms with van der Waals surface area (Å²) in [5, 5.41) is 7.18. The predicted molar refractivity (Wildman–Crippen MR) is 197 cm³/mol. The van der Waals surface area contributed by atoms with E-state index >= 15 is 0 Å². The summed E-state index contributed by atoms with van der Waals surface area (Å²) >= 11 is 1.82. The zero-order chi connectivity index (χ0) is 31.6. The van der Waals surface area contributed by atoms with Gasteiger partial charge >= 0.3 is 0 Å². The summed E-state index contributed by atoms with van der Waals surface area (Å²) < 4.78 is 8.85. The molecule has 48 heavy (non-hydrogen) atoms. The van der Waals surface area contributed by atoms with E-state index in [9.17, 15) is 0 Å². The van der Waals surface area contributed by atoms with Gasteiger partial charge in [0.05, 0.1) is 0 Å². The molecule has 9 aromatic rings. The molecule has 3 heterocycles. The second-order valence-corrected chi connectivity index (χ2v) is 13.4. The standard InChI is InChI=1S/C43H27N3OS/c1-2-11-26(12-3-1)41-44-42(28-21-22-39-35(24-28)31-15-7-9-20-38(31)48-39)46-43(45-41)29-23-27-13-4-5-14-30(27)34(25-29)32-17-10-19-37-40(32)33-16-6-8-18-36(33)47-37/h1-24,29H,25H2. The van der Waals surface area contributed by atoms with Gasteiger partial charge in [-0.15, -0.1) is 11.3 Å². The SMILES string of the molecule is C1=c2ccccc2=C(c2cccc3oc4ccccc4c23)CC1c1nc(-c2ccccc2)nc(-c2ccc3sc4ccccc4c3c2)n1. The van der Waals surface area contributed by atoms with Crippen LogP contribution in [0.1, 0.15) is 23.7 Å². The van der Waals surface area contributed by atoms with Gasteiger partial charge in [-0.25, -0.2) is 15.0 Å². The molecule has 0 saturated carbocycles. The van der Waals surface area contributed by atoms with E-state index in [2.05, 4.69) is 115 Å². The molecule has 3 aromatic heterocycles. The highest BCUT2D eigenvalue weighted by molar-refractivity contribution is 7.25. The fourth-order valence-electron chi connectivity index (χ4n) is 7.24. The molecule has 0 saturated heterocycles. The van der Waals surface area contributed by atoms with Crippen molar-refractivity contribution in [2.45, 2.75) is 12.3 Å². The van der Waals surface area contributed by atoms with E-state index in [1.807, 2.05) is 41.7 Å². The zero-order valence-electron chi connectivity index (χ0n) is 25.8. The van der Waals surface area contributed by atoms with Crippen LogP contribution in [-0.4, -0.2) is 15.0 Å². The maximum absolute atomic E-state index is 6.31. The average Bonchev–Trinajstić information content (AvgIpc) is 3.73. The second kappa shape index (κ2) is 10.8. The van der Waals surface area contributed by atoms with E-state index in [0.29, 0.717) is 11.6 Å². The topological polar surface area (TPSA) is 51.8 Å². The van der Waals surface area contributed by atoms with E-state index in [4.69, 9.17) is 19.4 Å². The predicted octanol–water partition coefficient (Wildman–Crippen LogP) is 9.64. The lowest BCUT2D eigenvalue weighted by Gasteiger charge is -2.21. The van der Waals surface area contributed by atoms with Crippen molar-refractivity contribution < 1.29 is 4.42 Å². The molecule has 1 atom stereocenters. The number of hydrogen-bond acceptors (Lipinski definition) is 5. The zero-order valence-corrected chi connectivity index (χ0v) is 26.6. The Hall–Kier alpha value is -5.91. The van der Waals surface area contributed by atoms with Crippen LogP contribution in [0.2, 0.25) is 0 Å². The minimum atomic E-state index is -0.0572. The third kappa shape index (κ3) is 4.39. The first-order valence-electron chi connectivity index (χ1n) is 16.2. The van der Waals surface area contributed by atoms with E-state index in [1.165, 1.54) is 41.7 Å². The van der Waals surface area contributed by atoms with Crippen LogP contribution in [0.5, 0.6) is 0 Å². The lowest BCUT2D eigenvalue weighted by molar-refractivity contribution is 0.669. The van der Waals surface area contributed by atoms with Crippen molar-refractivity contribution in [3.63, 3.8) is 0 Å². The Morgan fingerprint density at radius 1 is 0.562 bits per heavy atom. The van der Waals surface area contributed by atoms with Gasteiger partial charge < -0.3 is 4.42 Å². The van der Waals surface area contributed by atoms with E-state index in [1.54, 1.807) is 0 Å². The lowest BCUT2D eigenvalue weighted by atomic mass is 9.85. The Labute approximate surface area is 280 Å². The summed E-state index contributed by atoms with van der Waals surface area (Å²) in [6.45, 7) is 0. The number of rotatable bonds is 4. The van der Waals surface area contributed by atoms with E-state index < -0.39 is 0 Å². The van der Waals surface area contributed by atoms with Crippen LogP contribution in [-0.2, 0) is 0 Å². The molecule has 1 aliphatic carbocycles. The molecule has 0 radical (unpaired) electrons. The normalized spacial score (nSPS) is 14.5. The molecule has 5 heteroatoms. The molecule has 1 unspecified atom stereocenters. The van der Waals surface area contributed by atoms with Crippen LogP contribution in [0.25, 0.3) is 76.5 Å². The summed E-state index contributed by atoms with van der Waals surface area (Å²) in [4.78, 5) is 15.5. The smallest absolute Gasteiger partial charge is 0.163 e. The maximum atomic E-state index is 6.31. The van der Waals surface area contributed by atoms with Crippen LogP contribution in [0.15, 0.2) is 144 Å². The number of fused-ring (bicyclic) bond motifs is 7. The number of hydrogen-bond donors (Lipinski definition) is 0. The molecule has 4 nitrogen and oxygen atoms in total. The maximum Gasteiger partial charge on any atom is 0.163 e. The number of thiophene rings is 1. The van der Waals surface area contributed by atoms with E-state index in [0.717, 1.165) is 45.3 Å². The van der Waals surface area contributed by atoms with Crippen molar-refractivity contribution in [1.82, 2.24) is 15.0 Å². The van der Waals surface area contributed by atoms with Crippen molar-refractivity contribution in [1.29, 1.82) is 0 Å². The van der Waals surface area contributed by atoms with Crippen LogP contribution < -0.4 is 10.4 Å². The largest absolute Gasteiger partial charge is 0.456 e. The molecule has 6 aromatic carbocycles. The highest BCUT2D eigenvalue weighted by Gasteiger charge is 2.24. The molecule has 0 aliphatic heterocycles. The molecule has 10 rings (SSSR count). The highest BCUT2D eigenvalue weighted by Crippen LogP contribution is 2.39. The van der Waals surface area contributed by atoms with Crippen molar-refractivity contribution in [2.75, 3.05) is 0 Å². The number of para-hydroxylation sites is 1. The summed E-state index contributed by atoms with van der Waals surface area (Å²) in [5.41, 5.74) is 6.22. The fraction of sp³-hybridized carbons (Fsp3) is 0.0465. The first-order chi connectivity index (χ1) is 23.8. The van der Waals surface area contributed by atoms with Crippen molar-refractivity contribution in [3.05, 3.63) is 161 Å². The quantitative estimate of drug-likeness (QED) is 0.194. The molecule has 0 amide bonds. The summed E-state index contributed by atoms with van der Waals surface area (Å²) in [5.74, 6) is 2.08.